The van der Waals surface area contributed by atoms with Crippen molar-refractivity contribution in [3.8, 4) is 5.75 Å². The molecule has 20 heavy (non-hydrogen) atoms. The molecule has 2 aliphatic carbocycles. The molecule has 1 aromatic carbocycles. The number of nitrogens with one attached hydrogen (secondary N) is 1. The first kappa shape index (κ1) is 13.0. The summed E-state index contributed by atoms with van der Waals surface area (Å²) in [6, 6.07) is 4.59. The van der Waals surface area contributed by atoms with Crippen molar-refractivity contribution in [1.82, 2.24) is 5.32 Å². The van der Waals surface area contributed by atoms with E-state index in [4.69, 9.17) is 16.3 Å². The lowest BCUT2D eigenvalue weighted by Crippen LogP contribution is -2.29. The summed E-state index contributed by atoms with van der Waals surface area (Å²) in [7, 11) is 2.08. The highest BCUT2D eigenvalue weighted by Gasteiger charge is 2.44. The van der Waals surface area contributed by atoms with Crippen molar-refractivity contribution < 1.29 is 4.74 Å². The highest BCUT2D eigenvalue weighted by molar-refractivity contribution is 6.30. The molecule has 1 aliphatic heterocycles. The fraction of sp³-hybridized carbons (Fsp3) is 0.647. The van der Waals surface area contributed by atoms with Crippen molar-refractivity contribution in [2.45, 2.75) is 38.1 Å². The van der Waals surface area contributed by atoms with E-state index in [0.717, 1.165) is 41.6 Å². The van der Waals surface area contributed by atoms with Gasteiger partial charge in [0.1, 0.15) is 5.75 Å². The molecule has 108 valence electrons. The largest absolute Gasteiger partial charge is 0.493 e. The standard InChI is InChI=1S/C17H22ClNO/c1-19-16(14-7-10-2-3-11(14)6-10)15-9-13(18)8-12-4-5-20-17(12)15/h8-11,14,16,19H,2-7H2,1H3. The SMILES string of the molecule is CNC(c1cc(Cl)cc2c1OCC2)C1CC2CCC1C2. The summed E-state index contributed by atoms with van der Waals surface area (Å²) >= 11 is 6.33. The Morgan fingerprint density at radius 3 is 2.90 bits per heavy atom. The van der Waals surface area contributed by atoms with E-state index in [-0.39, 0.29) is 0 Å². The van der Waals surface area contributed by atoms with Gasteiger partial charge in [-0.1, -0.05) is 18.0 Å². The maximum Gasteiger partial charge on any atom is 0.127 e. The third-order valence-corrected chi connectivity index (χ3v) is 5.86. The fourth-order valence-corrected chi connectivity index (χ4v) is 5.08. The molecule has 4 atom stereocenters. The van der Waals surface area contributed by atoms with Crippen LogP contribution in [0.15, 0.2) is 12.1 Å². The normalized spacial score (nSPS) is 32.2. The van der Waals surface area contributed by atoms with E-state index in [1.54, 1.807) is 0 Å². The van der Waals surface area contributed by atoms with Gasteiger partial charge in [-0.3, -0.25) is 0 Å². The first-order valence-electron chi connectivity index (χ1n) is 7.88. The molecule has 1 heterocycles. The Morgan fingerprint density at radius 2 is 2.20 bits per heavy atom. The number of halogens is 1. The Kier molecular flexibility index (Phi) is 3.19. The first-order valence-corrected chi connectivity index (χ1v) is 8.26. The molecule has 1 aromatic rings. The monoisotopic (exact) mass is 291 g/mol. The second-order valence-electron chi connectivity index (χ2n) is 6.69. The average Bonchev–Trinajstić information content (AvgIpc) is 3.14. The summed E-state index contributed by atoms with van der Waals surface area (Å²) in [5.41, 5.74) is 2.58. The molecular weight excluding hydrogens is 270 g/mol. The minimum absolute atomic E-state index is 0.399. The minimum Gasteiger partial charge on any atom is -0.493 e. The second-order valence-corrected chi connectivity index (χ2v) is 7.12. The number of ether oxygens (including phenoxy) is 1. The summed E-state index contributed by atoms with van der Waals surface area (Å²) in [5, 5.41) is 4.42. The molecule has 0 amide bonds. The molecule has 4 unspecified atom stereocenters. The molecule has 0 aromatic heterocycles. The Labute approximate surface area is 125 Å². The van der Waals surface area contributed by atoms with Crippen LogP contribution in [-0.4, -0.2) is 13.7 Å². The molecule has 1 N–H and O–H groups in total. The van der Waals surface area contributed by atoms with E-state index >= 15 is 0 Å². The van der Waals surface area contributed by atoms with Gasteiger partial charge < -0.3 is 10.1 Å². The van der Waals surface area contributed by atoms with E-state index < -0.39 is 0 Å². The van der Waals surface area contributed by atoms with Gasteiger partial charge in [-0.15, -0.1) is 0 Å². The van der Waals surface area contributed by atoms with Gasteiger partial charge in [0.15, 0.2) is 0 Å². The molecule has 2 nitrogen and oxygen atoms in total. The van der Waals surface area contributed by atoms with Crippen LogP contribution >= 0.6 is 11.6 Å². The highest BCUT2D eigenvalue weighted by atomic mass is 35.5. The number of rotatable bonds is 3. The molecule has 0 spiro atoms. The lowest BCUT2D eigenvalue weighted by molar-refractivity contribution is 0.253. The van der Waals surface area contributed by atoms with Crippen molar-refractivity contribution in [2.24, 2.45) is 17.8 Å². The molecule has 0 saturated heterocycles. The summed E-state index contributed by atoms with van der Waals surface area (Å²) in [6.45, 7) is 0.801. The highest BCUT2D eigenvalue weighted by Crippen LogP contribution is 2.54. The summed E-state index contributed by atoms with van der Waals surface area (Å²) in [6.07, 6.45) is 6.67. The zero-order valence-electron chi connectivity index (χ0n) is 12.0. The van der Waals surface area contributed by atoms with Crippen LogP contribution in [-0.2, 0) is 6.42 Å². The Hall–Kier alpha value is -0.730. The zero-order valence-corrected chi connectivity index (χ0v) is 12.7. The number of hydrogen-bond acceptors (Lipinski definition) is 2. The van der Waals surface area contributed by atoms with E-state index in [1.165, 1.54) is 36.8 Å². The van der Waals surface area contributed by atoms with Crippen LogP contribution in [0.4, 0.5) is 0 Å². The summed E-state index contributed by atoms with van der Waals surface area (Å²) < 4.78 is 5.91. The Bertz CT molecular complexity index is 530. The fourth-order valence-electron chi connectivity index (χ4n) is 4.83. The van der Waals surface area contributed by atoms with Crippen molar-refractivity contribution in [3.05, 3.63) is 28.3 Å². The van der Waals surface area contributed by atoms with Crippen molar-refractivity contribution >= 4 is 11.6 Å². The smallest absolute Gasteiger partial charge is 0.127 e. The van der Waals surface area contributed by atoms with Crippen molar-refractivity contribution in [3.63, 3.8) is 0 Å². The van der Waals surface area contributed by atoms with E-state index in [0.29, 0.717) is 6.04 Å². The Morgan fingerprint density at radius 1 is 1.30 bits per heavy atom. The molecule has 2 fully saturated rings. The van der Waals surface area contributed by atoms with E-state index in [1.807, 2.05) is 0 Å². The second kappa shape index (κ2) is 4.92. The van der Waals surface area contributed by atoms with Crippen LogP contribution in [0.25, 0.3) is 0 Å². The maximum atomic E-state index is 6.33. The van der Waals surface area contributed by atoms with Crippen molar-refractivity contribution in [2.75, 3.05) is 13.7 Å². The molecule has 2 saturated carbocycles. The van der Waals surface area contributed by atoms with Gasteiger partial charge in [-0.05, 0) is 61.8 Å². The molecule has 4 rings (SSSR count). The lowest BCUT2D eigenvalue weighted by atomic mass is 9.80. The molecule has 0 radical (unpaired) electrons. The van der Waals surface area contributed by atoms with Crippen molar-refractivity contribution in [1.29, 1.82) is 0 Å². The topological polar surface area (TPSA) is 21.3 Å². The van der Waals surface area contributed by atoms with Crippen LogP contribution in [0.1, 0.15) is 42.9 Å². The lowest BCUT2D eigenvalue weighted by Gasteiger charge is -2.31. The summed E-state index contributed by atoms with van der Waals surface area (Å²) in [4.78, 5) is 0. The number of hydrogen-bond donors (Lipinski definition) is 1. The molecule has 3 aliphatic rings. The third kappa shape index (κ3) is 1.96. The van der Waals surface area contributed by atoms with Crippen LogP contribution in [0.3, 0.4) is 0 Å². The van der Waals surface area contributed by atoms with E-state index in [9.17, 15) is 0 Å². The predicted molar refractivity (Wildman–Crippen MR) is 81.4 cm³/mol. The minimum atomic E-state index is 0.399. The predicted octanol–water partition coefficient (Wildman–Crippen LogP) is 3.97. The maximum absolute atomic E-state index is 6.33. The van der Waals surface area contributed by atoms with Gasteiger partial charge >= 0.3 is 0 Å². The molecule has 3 heteroatoms. The third-order valence-electron chi connectivity index (χ3n) is 5.64. The first-order chi connectivity index (χ1) is 9.76. The number of benzene rings is 1. The van der Waals surface area contributed by atoms with E-state index in [2.05, 4.69) is 24.5 Å². The van der Waals surface area contributed by atoms with Gasteiger partial charge in [0, 0.05) is 23.0 Å². The molecule has 2 bridgehead atoms. The van der Waals surface area contributed by atoms with Gasteiger partial charge in [-0.25, -0.2) is 0 Å². The van der Waals surface area contributed by atoms with Gasteiger partial charge in [0.2, 0.25) is 0 Å². The van der Waals surface area contributed by atoms with Gasteiger partial charge in [0.25, 0.3) is 0 Å². The quantitative estimate of drug-likeness (QED) is 0.910. The zero-order chi connectivity index (χ0) is 13.7. The van der Waals surface area contributed by atoms with Gasteiger partial charge in [0.05, 0.1) is 6.61 Å². The van der Waals surface area contributed by atoms with Crippen LogP contribution < -0.4 is 10.1 Å². The van der Waals surface area contributed by atoms with Crippen LogP contribution in [0, 0.1) is 17.8 Å². The van der Waals surface area contributed by atoms with Crippen LogP contribution in [0.2, 0.25) is 5.02 Å². The summed E-state index contributed by atoms with van der Waals surface area (Å²) in [5.74, 6) is 3.73. The molecular formula is C17H22ClNO. The van der Waals surface area contributed by atoms with Gasteiger partial charge in [-0.2, -0.15) is 0 Å². The van der Waals surface area contributed by atoms with Crippen LogP contribution in [0.5, 0.6) is 5.75 Å². The average molecular weight is 292 g/mol. The number of fused-ring (bicyclic) bond motifs is 3. The Balaban J connectivity index is 1.71.